The third-order valence-corrected chi connectivity index (χ3v) is 8.32. The Balaban J connectivity index is 1.13. The molecule has 0 bridgehead atoms. The number of thioether (sulfide) groups is 1. The summed E-state index contributed by atoms with van der Waals surface area (Å²) in [5.74, 6) is 0.0328. The maximum absolute atomic E-state index is 10.9. The molecule has 1 aliphatic carbocycles. The van der Waals surface area contributed by atoms with Crippen LogP contribution in [-0.4, -0.2) is 41.1 Å². The van der Waals surface area contributed by atoms with Crippen LogP contribution in [0, 0.1) is 6.92 Å². The average molecular weight is 627 g/mol. The van der Waals surface area contributed by atoms with Crippen LogP contribution in [-0.2, 0) is 22.4 Å². The standard InChI is InChI=1S/C36H31ClO6S/c1-23-16-29(9-13-33(23)43-22-36(40)41)44-15-3-5-25-7-11-31-28(18-25)21-27-17-24(6-10-30(27)31)4-2-14-42-34-12-8-26(19-32(34)37)20-35(38)39/h2-13,16-19H,14-15,20-22H2,1H3,(H,38,39)(H,40,41). The third kappa shape index (κ3) is 8.13. The molecule has 0 saturated heterocycles. The molecule has 1 aliphatic rings. The molecule has 4 aromatic rings. The first-order valence-electron chi connectivity index (χ1n) is 14.1. The van der Waals surface area contributed by atoms with Gasteiger partial charge in [0.2, 0.25) is 0 Å². The van der Waals surface area contributed by atoms with Gasteiger partial charge in [-0.15, -0.1) is 11.8 Å². The highest BCUT2D eigenvalue weighted by atomic mass is 35.5. The Morgan fingerprint density at radius 3 is 2.14 bits per heavy atom. The third-order valence-electron chi connectivity index (χ3n) is 7.08. The number of carbonyl (C=O) groups is 2. The second-order valence-electron chi connectivity index (χ2n) is 10.4. The molecule has 5 rings (SSSR count). The van der Waals surface area contributed by atoms with Gasteiger partial charge in [-0.3, -0.25) is 4.79 Å². The molecular weight excluding hydrogens is 596 g/mol. The molecule has 0 saturated carbocycles. The molecule has 4 aromatic carbocycles. The molecule has 0 aliphatic heterocycles. The van der Waals surface area contributed by atoms with Crippen molar-refractivity contribution < 1.29 is 29.3 Å². The number of halogens is 1. The molecule has 0 atom stereocenters. The molecule has 0 amide bonds. The first-order chi connectivity index (χ1) is 21.2. The highest BCUT2D eigenvalue weighted by Gasteiger charge is 2.18. The number of aryl methyl sites for hydroxylation is 1. The van der Waals surface area contributed by atoms with Crippen LogP contribution in [0.1, 0.15) is 33.4 Å². The van der Waals surface area contributed by atoms with Crippen LogP contribution in [0.4, 0.5) is 0 Å². The van der Waals surface area contributed by atoms with E-state index >= 15 is 0 Å². The van der Waals surface area contributed by atoms with Crippen LogP contribution in [0.3, 0.4) is 0 Å². The number of benzene rings is 4. The molecule has 8 heteroatoms. The summed E-state index contributed by atoms with van der Waals surface area (Å²) in [6, 6.07) is 23.9. The fourth-order valence-electron chi connectivity index (χ4n) is 5.07. The second kappa shape index (κ2) is 14.3. The van der Waals surface area contributed by atoms with Crippen LogP contribution in [0.2, 0.25) is 5.02 Å². The molecule has 0 spiro atoms. The molecule has 6 nitrogen and oxygen atoms in total. The smallest absolute Gasteiger partial charge is 0.341 e. The van der Waals surface area contributed by atoms with E-state index in [9.17, 15) is 9.59 Å². The van der Waals surface area contributed by atoms with E-state index in [1.54, 1.807) is 30.0 Å². The summed E-state index contributed by atoms with van der Waals surface area (Å²) in [6.07, 6.45) is 9.07. The quantitative estimate of drug-likeness (QED) is 0.127. The lowest BCUT2D eigenvalue weighted by molar-refractivity contribution is -0.139. The van der Waals surface area contributed by atoms with Gasteiger partial charge in [-0.2, -0.15) is 0 Å². The minimum Gasteiger partial charge on any atom is -0.488 e. The first kappa shape index (κ1) is 31.0. The summed E-state index contributed by atoms with van der Waals surface area (Å²) in [7, 11) is 0. The molecule has 0 unspecified atom stereocenters. The van der Waals surface area contributed by atoms with Gasteiger partial charge >= 0.3 is 11.9 Å². The van der Waals surface area contributed by atoms with E-state index in [0.29, 0.717) is 28.7 Å². The number of hydrogen-bond donors (Lipinski definition) is 2. The maximum atomic E-state index is 10.9. The Hall–Kier alpha value is -4.46. The van der Waals surface area contributed by atoms with Gasteiger partial charge in [0.05, 0.1) is 11.4 Å². The largest absolute Gasteiger partial charge is 0.488 e. The zero-order valence-electron chi connectivity index (χ0n) is 24.1. The maximum Gasteiger partial charge on any atom is 0.341 e. The van der Waals surface area contributed by atoms with Crippen molar-refractivity contribution in [3.63, 3.8) is 0 Å². The van der Waals surface area contributed by atoms with Crippen molar-refractivity contribution in [1.29, 1.82) is 0 Å². The Morgan fingerprint density at radius 2 is 1.50 bits per heavy atom. The van der Waals surface area contributed by atoms with Crippen molar-refractivity contribution in [2.75, 3.05) is 19.0 Å². The lowest BCUT2D eigenvalue weighted by Gasteiger charge is -2.08. The van der Waals surface area contributed by atoms with Crippen molar-refractivity contribution in [1.82, 2.24) is 0 Å². The van der Waals surface area contributed by atoms with Crippen molar-refractivity contribution in [3.8, 4) is 22.6 Å². The van der Waals surface area contributed by atoms with Gasteiger partial charge in [0, 0.05) is 10.6 Å². The Morgan fingerprint density at radius 1 is 0.818 bits per heavy atom. The summed E-state index contributed by atoms with van der Waals surface area (Å²) in [5, 5.41) is 18.1. The van der Waals surface area contributed by atoms with Crippen LogP contribution >= 0.6 is 23.4 Å². The summed E-state index contributed by atoms with van der Waals surface area (Å²) in [5.41, 5.74) is 8.95. The predicted molar refractivity (Wildman–Crippen MR) is 176 cm³/mol. The second-order valence-corrected chi connectivity index (χ2v) is 11.9. The SMILES string of the molecule is Cc1cc(SCC=Cc2ccc3c(c2)Cc2cc(C=CCOc4ccc(CC(=O)O)cc4Cl)ccc2-3)ccc1OCC(=O)O. The first-order valence-corrected chi connectivity index (χ1v) is 15.4. The summed E-state index contributed by atoms with van der Waals surface area (Å²) >= 11 is 7.96. The van der Waals surface area contributed by atoms with Crippen LogP contribution in [0.25, 0.3) is 23.3 Å². The highest BCUT2D eigenvalue weighted by Crippen LogP contribution is 2.38. The normalized spacial score (nSPS) is 12.0. The lowest BCUT2D eigenvalue weighted by Crippen LogP contribution is -2.09. The van der Waals surface area contributed by atoms with Crippen LogP contribution < -0.4 is 9.47 Å². The number of hydrogen-bond acceptors (Lipinski definition) is 5. The van der Waals surface area contributed by atoms with Crippen molar-refractivity contribution in [3.05, 3.63) is 123 Å². The van der Waals surface area contributed by atoms with E-state index in [4.69, 9.17) is 31.3 Å². The van der Waals surface area contributed by atoms with E-state index in [0.717, 1.165) is 33.8 Å². The summed E-state index contributed by atoms with van der Waals surface area (Å²) in [6.45, 7) is 1.91. The fourth-order valence-corrected chi connectivity index (χ4v) is 6.13. The van der Waals surface area contributed by atoms with E-state index in [2.05, 4.69) is 48.6 Å². The summed E-state index contributed by atoms with van der Waals surface area (Å²) < 4.78 is 11.1. The van der Waals surface area contributed by atoms with Gasteiger partial charge in [-0.05, 0) is 94.3 Å². The van der Waals surface area contributed by atoms with Gasteiger partial charge in [0.15, 0.2) is 6.61 Å². The molecule has 0 aromatic heterocycles. The van der Waals surface area contributed by atoms with Gasteiger partial charge in [0.25, 0.3) is 0 Å². The number of aliphatic carboxylic acids is 2. The van der Waals surface area contributed by atoms with Gasteiger partial charge in [0.1, 0.15) is 18.1 Å². The Bertz CT molecular complexity index is 1760. The van der Waals surface area contributed by atoms with Crippen LogP contribution in [0.5, 0.6) is 11.5 Å². The average Bonchev–Trinajstić information content (AvgIpc) is 3.34. The van der Waals surface area contributed by atoms with Crippen molar-refractivity contribution >= 4 is 47.5 Å². The Labute approximate surface area is 265 Å². The molecule has 2 N–H and O–H groups in total. The minimum atomic E-state index is -0.990. The van der Waals surface area contributed by atoms with E-state index in [1.165, 1.54) is 22.3 Å². The lowest BCUT2D eigenvalue weighted by atomic mass is 10.0. The van der Waals surface area contributed by atoms with Crippen molar-refractivity contribution in [2.24, 2.45) is 0 Å². The van der Waals surface area contributed by atoms with E-state index in [1.807, 2.05) is 37.3 Å². The van der Waals surface area contributed by atoms with Crippen molar-refractivity contribution in [2.45, 2.75) is 24.7 Å². The number of carboxylic acids is 2. The zero-order chi connectivity index (χ0) is 31.1. The number of rotatable bonds is 13. The topological polar surface area (TPSA) is 93.1 Å². The monoisotopic (exact) mass is 626 g/mol. The highest BCUT2D eigenvalue weighted by molar-refractivity contribution is 7.99. The number of carboxylic acid groups (broad SMARTS) is 2. The minimum absolute atomic E-state index is 0.0773. The molecule has 44 heavy (non-hydrogen) atoms. The van der Waals surface area contributed by atoms with E-state index in [-0.39, 0.29) is 13.0 Å². The Kier molecular flexibility index (Phi) is 10.1. The fraction of sp³-hybridized carbons (Fsp3) is 0.167. The van der Waals surface area contributed by atoms with E-state index < -0.39 is 11.9 Å². The van der Waals surface area contributed by atoms with Crippen LogP contribution in [0.15, 0.2) is 89.8 Å². The molecule has 0 radical (unpaired) electrons. The van der Waals surface area contributed by atoms with Gasteiger partial charge < -0.3 is 19.7 Å². The predicted octanol–water partition coefficient (Wildman–Crippen LogP) is 8.21. The number of ether oxygens (including phenoxy) is 2. The molecule has 0 heterocycles. The molecule has 224 valence electrons. The van der Waals surface area contributed by atoms with Gasteiger partial charge in [-0.1, -0.05) is 72.3 Å². The number of fused-ring (bicyclic) bond motifs is 3. The summed E-state index contributed by atoms with van der Waals surface area (Å²) in [4.78, 5) is 22.7. The molecule has 0 fully saturated rings. The molecular formula is C36H31ClO6S. The van der Waals surface area contributed by atoms with Gasteiger partial charge in [-0.25, -0.2) is 4.79 Å². The zero-order valence-corrected chi connectivity index (χ0v) is 25.7.